The van der Waals surface area contributed by atoms with Crippen LogP contribution in [0.15, 0.2) is 0 Å². The van der Waals surface area contributed by atoms with Crippen LogP contribution in [-0.2, 0) is 19.1 Å². The van der Waals surface area contributed by atoms with Crippen molar-refractivity contribution in [1.29, 1.82) is 0 Å². The molecule has 0 radical (unpaired) electrons. The molecule has 4 aliphatic carbocycles. The van der Waals surface area contributed by atoms with E-state index in [1.165, 1.54) is 6.42 Å². The summed E-state index contributed by atoms with van der Waals surface area (Å²) in [6.07, 6.45) is 19.5. The van der Waals surface area contributed by atoms with Gasteiger partial charge in [0.15, 0.2) is 5.60 Å². The number of esters is 2. The Morgan fingerprint density at radius 2 is 1.74 bits per heavy atom. The SMILES string of the molecule is C#CC1C[C@@H]2CCC3C(CC[C@@]4(C)C3CCC4(C#C)OC(=O)CC)C2C1OC(=O)CC. The van der Waals surface area contributed by atoms with E-state index in [1.54, 1.807) is 0 Å². The number of ether oxygens (including phenoxy) is 2. The number of terminal acetylenes is 2. The third-order valence-corrected chi connectivity index (χ3v) is 9.43. The lowest BCUT2D eigenvalue weighted by Crippen LogP contribution is -2.55. The first-order valence-electron chi connectivity index (χ1n) is 12.2. The van der Waals surface area contributed by atoms with Gasteiger partial charge in [0.25, 0.3) is 0 Å². The lowest BCUT2D eigenvalue weighted by atomic mass is 9.51. The largest absolute Gasteiger partial charge is 0.461 e. The molecule has 4 saturated carbocycles. The second-order valence-corrected chi connectivity index (χ2v) is 10.5. The highest BCUT2D eigenvalue weighted by Crippen LogP contribution is 2.67. The molecule has 0 aromatic carbocycles. The van der Waals surface area contributed by atoms with Gasteiger partial charge in [-0.25, -0.2) is 0 Å². The molecule has 0 N–H and O–H groups in total. The first-order valence-corrected chi connectivity index (χ1v) is 12.2. The van der Waals surface area contributed by atoms with Crippen molar-refractivity contribution in [2.24, 2.45) is 40.9 Å². The molecule has 0 aromatic heterocycles. The zero-order chi connectivity index (χ0) is 22.4. The maximum atomic E-state index is 12.2. The standard InChI is InChI=1S/C27H36O4/c1-6-17-16-18-10-11-19-20(24(18)25(17)30-22(28)7-2)12-14-26(5)21(19)13-15-27(26,9-4)31-23(29)8-3/h1,4,17-21,24-25H,7-8,10-16H2,2-3,5H3/t17?,18-,19?,20?,21?,24?,25?,26-,27?/m0/s1. The summed E-state index contributed by atoms with van der Waals surface area (Å²) in [7, 11) is 0. The third kappa shape index (κ3) is 3.29. The van der Waals surface area contributed by atoms with E-state index in [0.29, 0.717) is 42.4 Å². The van der Waals surface area contributed by atoms with Crippen molar-refractivity contribution in [2.75, 3.05) is 0 Å². The van der Waals surface area contributed by atoms with Gasteiger partial charge in [0.2, 0.25) is 0 Å². The van der Waals surface area contributed by atoms with Gasteiger partial charge in [0, 0.05) is 24.2 Å². The molecule has 7 unspecified atom stereocenters. The van der Waals surface area contributed by atoms with E-state index < -0.39 is 5.60 Å². The Balaban J connectivity index is 1.62. The Kier molecular flexibility index (Phi) is 5.89. The van der Waals surface area contributed by atoms with E-state index in [0.717, 1.165) is 38.5 Å². The first-order chi connectivity index (χ1) is 14.8. The zero-order valence-electron chi connectivity index (χ0n) is 19.2. The van der Waals surface area contributed by atoms with E-state index in [-0.39, 0.29) is 29.4 Å². The fourth-order valence-electron chi connectivity index (χ4n) is 7.93. The molecule has 0 spiro atoms. The predicted molar refractivity (Wildman–Crippen MR) is 118 cm³/mol. The summed E-state index contributed by atoms with van der Waals surface area (Å²) < 4.78 is 12.0. The zero-order valence-corrected chi connectivity index (χ0v) is 19.2. The minimum absolute atomic E-state index is 0.0245. The van der Waals surface area contributed by atoms with Crippen LogP contribution >= 0.6 is 0 Å². The molecule has 31 heavy (non-hydrogen) atoms. The average molecular weight is 425 g/mol. The van der Waals surface area contributed by atoms with Crippen LogP contribution in [0.5, 0.6) is 0 Å². The Hall–Kier alpha value is -1.94. The highest BCUT2D eigenvalue weighted by Gasteiger charge is 2.66. The van der Waals surface area contributed by atoms with Crippen LogP contribution in [-0.4, -0.2) is 23.6 Å². The van der Waals surface area contributed by atoms with E-state index in [4.69, 9.17) is 22.3 Å². The highest BCUT2D eigenvalue weighted by atomic mass is 16.6. The van der Waals surface area contributed by atoms with Crippen molar-refractivity contribution in [3.63, 3.8) is 0 Å². The van der Waals surface area contributed by atoms with Crippen LogP contribution in [0.25, 0.3) is 0 Å². The molecular weight excluding hydrogens is 388 g/mol. The number of carbonyl (C=O) groups excluding carboxylic acids is 2. The van der Waals surface area contributed by atoms with Gasteiger partial charge in [0.05, 0.1) is 5.92 Å². The molecule has 4 nitrogen and oxygen atoms in total. The second-order valence-electron chi connectivity index (χ2n) is 10.5. The van der Waals surface area contributed by atoms with Gasteiger partial charge < -0.3 is 9.47 Å². The van der Waals surface area contributed by atoms with Gasteiger partial charge in [-0.05, 0) is 68.6 Å². The first kappa shape index (κ1) is 22.3. The van der Waals surface area contributed by atoms with Crippen molar-refractivity contribution in [3.05, 3.63) is 0 Å². The molecule has 0 aliphatic heterocycles. The number of hydrogen-bond acceptors (Lipinski definition) is 4. The Bertz CT molecular complexity index is 818. The van der Waals surface area contributed by atoms with E-state index in [9.17, 15) is 9.59 Å². The summed E-state index contributed by atoms with van der Waals surface area (Å²) in [5, 5.41) is 0. The Labute approximate surface area is 187 Å². The molecule has 4 aliphatic rings. The lowest BCUT2D eigenvalue weighted by Gasteiger charge is -2.55. The van der Waals surface area contributed by atoms with Crippen molar-refractivity contribution in [3.8, 4) is 24.7 Å². The lowest BCUT2D eigenvalue weighted by molar-refractivity contribution is -0.173. The Morgan fingerprint density at radius 1 is 1.00 bits per heavy atom. The van der Waals surface area contributed by atoms with Crippen LogP contribution < -0.4 is 0 Å². The van der Waals surface area contributed by atoms with Gasteiger partial charge >= 0.3 is 11.9 Å². The van der Waals surface area contributed by atoms with Crippen LogP contribution in [0.3, 0.4) is 0 Å². The minimum Gasteiger partial charge on any atom is -0.461 e. The van der Waals surface area contributed by atoms with Crippen molar-refractivity contribution in [1.82, 2.24) is 0 Å². The molecule has 0 heterocycles. The molecule has 0 aromatic rings. The van der Waals surface area contributed by atoms with Gasteiger partial charge in [-0.15, -0.1) is 12.8 Å². The number of carbonyl (C=O) groups is 2. The molecule has 0 bridgehead atoms. The van der Waals surface area contributed by atoms with Crippen LogP contribution in [0, 0.1) is 65.6 Å². The van der Waals surface area contributed by atoms with Gasteiger partial charge in [-0.3, -0.25) is 9.59 Å². The van der Waals surface area contributed by atoms with Crippen LogP contribution in [0.2, 0.25) is 0 Å². The van der Waals surface area contributed by atoms with Gasteiger partial charge in [-0.2, -0.15) is 0 Å². The van der Waals surface area contributed by atoms with Crippen LogP contribution in [0.4, 0.5) is 0 Å². The normalized spacial score (nSPS) is 45.4. The van der Waals surface area contributed by atoms with Crippen molar-refractivity contribution >= 4 is 11.9 Å². The minimum atomic E-state index is -0.794. The van der Waals surface area contributed by atoms with E-state index >= 15 is 0 Å². The third-order valence-electron chi connectivity index (χ3n) is 9.43. The van der Waals surface area contributed by atoms with Crippen molar-refractivity contribution in [2.45, 2.75) is 90.3 Å². The average Bonchev–Trinajstić information content (AvgIpc) is 3.28. The quantitative estimate of drug-likeness (QED) is 0.482. The van der Waals surface area contributed by atoms with Gasteiger partial charge in [0.1, 0.15) is 6.10 Å². The smallest absolute Gasteiger partial charge is 0.307 e. The molecular formula is C27H36O4. The molecule has 9 atom stereocenters. The number of hydrogen-bond donors (Lipinski definition) is 0. The monoisotopic (exact) mass is 424 g/mol. The molecule has 0 saturated heterocycles. The fraction of sp³-hybridized carbons (Fsp3) is 0.778. The summed E-state index contributed by atoms with van der Waals surface area (Å²) >= 11 is 0. The summed E-state index contributed by atoms with van der Waals surface area (Å²) in [4.78, 5) is 24.4. The van der Waals surface area contributed by atoms with Crippen LogP contribution in [0.1, 0.15) is 78.6 Å². The molecule has 4 heteroatoms. The Morgan fingerprint density at radius 3 is 2.39 bits per heavy atom. The van der Waals surface area contributed by atoms with Gasteiger partial charge in [-0.1, -0.05) is 32.6 Å². The number of rotatable bonds is 4. The second kappa shape index (κ2) is 8.20. The topological polar surface area (TPSA) is 52.6 Å². The maximum Gasteiger partial charge on any atom is 0.307 e. The van der Waals surface area contributed by atoms with Crippen molar-refractivity contribution < 1.29 is 19.1 Å². The molecule has 168 valence electrons. The molecule has 4 fully saturated rings. The number of fused-ring (bicyclic) bond motifs is 5. The fourth-order valence-corrected chi connectivity index (χ4v) is 7.93. The highest BCUT2D eigenvalue weighted by molar-refractivity contribution is 5.70. The van der Waals surface area contributed by atoms with E-state index in [2.05, 4.69) is 18.8 Å². The molecule has 0 amide bonds. The summed E-state index contributed by atoms with van der Waals surface area (Å²) in [6, 6.07) is 0. The summed E-state index contributed by atoms with van der Waals surface area (Å²) in [5.41, 5.74) is -0.988. The maximum absolute atomic E-state index is 12.2. The molecule has 4 rings (SSSR count). The van der Waals surface area contributed by atoms with E-state index in [1.807, 2.05) is 13.8 Å². The summed E-state index contributed by atoms with van der Waals surface area (Å²) in [5.74, 6) is 7.90. The predicted octanol–water partition coefficient (Wildman–Crippen LogP) is 4.76. The summed E-state index contributed by atoms with van der Waals surface area (Å²) in [6.45, 7) is 5.91.